The van der Waals surface area contributed by atoms with Crippen molar-refractivity contribution in [2.45, 2.75) is 13.8 Å². The van der Waals surface area contributed by atoms with Crippen molar-refractivity contribution in [3.63, 3.8) is 0 Å². The molecule has 146 valence electrons. The number of halogens is 1. The lowest BCUT2D eigenvalue weighted by Gasteiger charge is -2.36. The highest BCUT2D eigenvalue weighted by atomic mass is 35.5. The maximum atomic E-state index is 5.97. The molecular formula is C22H26ClN5. The molecule has 1 aliphatic heterocycles. The van der Waals surface area contributed by atoms with E-state index in [1.165, 1.54) is 6.54 Å². The average molecular weight is 396 g/mol. The third-order valence-electron chi connectivity index (χ3n) is 5.07. The van der Waals surface area contributed by atoms with Crippen LogP contribution in [0.4, 0.5) is 5.82 Å². The Morgan fingerprint density at radius 3 is 2.29 bits per heavy atom. The standard InChI is InChI=1S/C22H26ClN5/c1-16(2)15-27-9-11-28(12-10-27)21-8-5-18(13-24-21)22-25-14-20(26-22)17-3-6-19(23)7-4-17/h3-8,13-14,16H,9-12,15H2,1-2H3,(H,25,26). The minimum absolute atomic E-state index is 0.718. The van der Waals surface area contributed by atoms with Crippen molar-refractivity contribution in [3.8, 4) is 22.6 Å². The molecule has 28 heavy (non-hydrogen) atoms. The Labute approximate surface area is 171 Å². The molecule has 0 amide bonds. The highest BCUT2D eigenvalue weighted by Crippen LogP contribution is 2.24. The van der Waals surface area contributed by atoms with Crippen LogP contribution in [-0.2, 0) is 0 Å². The summed E-state index contributed by atoms with van der Waals surface area (Å²) in [4.78, 5) is 17.5. The van der Waals surface area contributed by atoms with Crippen LogP contribution in [0.5, 0.6) is 0 Å². The van der Waals surface area contributed by atoms with Gasteiger partial charge in [0.05, 0.1) is 11.9 Å². The smallest absolute Gasteiger partial charge is 0.139 e. The van der Waals surface area contributed by atoms with Crippen molar-refractivity contribution in [2.75, 3.05) is 37.6 Å². The zero-order valence-corrected chi connectivity index (χ0v) is 17.2. The van der Waals surface area contributed by atoms with Gasteiger partial charge in [-0.3, -0.25) is 4.90 Å². The minimum Gasteiger partial charge on any atom is -0.354 e. The summed E-state index contributed by atoms with van der Waals surface area (Å²) in [6.07, 6.45) is 3.75. The first-order chi connectivity index (χ1) is 13.6. The molecule has 0 unspecified atom stereocenters. The summed E-state index contributed by atoms with van der Waals surface area (Å²) < 4.78 is 0. The number of imidazole rings is 1. The van der Waals surface area contributed by atoms with Crippen LogP contribution in [0.15, 0.2) is 48.8 Å². The highest BCUT2D eigenvalue weighted by molar-refractivity contribution is 6.30. The molecule has 1 aliphatic rings. The van der Waals surface area contributed by atoms with E-state index < -0.39 is 0 Å². The number of pyridine rings is 1. The average Bonchev–Trinajstić information content (AvgIpc) is 3.19. The number of aromatic nitrogens is 3. The van der Waals surface area contributed by atoms with E-state index in [-0.39, 0.29) is 0 Å². The molecule has 0 bridgehead atoms. The van der Waals surface area contributed by atoms with Gasteiger partial charge in [0.25, 0.3) is 0 Å². The van der Waals surface area contributed by atoms with E-state index in [1.807, 2.05) is 36.7 Å². The van der Waals surface area contributed by atoms with Gasteiger partial charge < -0.3 is 9.88 Å². The van der Waals surface area contributed by atoms with Gasteiger partial charge in [-0.25, -0.2) is 9.97 Å². The largest absolute Gasteiger partial charge is 0.354 e. The van der Waals surface area contributed by atoms with Crippen molar-refractivity contribution in [2.24, 2.45) is 5.92 Å². The second-order valence-corrected chi connectivity index (χ2v) is 8.18. The van der Waals surface area contributed by atoms with Crippen LogP contribution in [0.2, 0.25) is 5.02 Å². The van der Waals surface area contributed by atoms with Crippen LogP contribution in [0.3, 0.4) is 0 Å². The number of rotatable bonds is 5. The van der Waals surface area contributed by atoms with Gasteiger partial charge in [-0.2, -0.15) is 0 Å². The third kappa shape index (κ3) is 4.37. The lowest BCUT2D eigenvalue weighted by atomic mass is 10.2. The van der Waals surface area contributed by atoms with Crippen molar-refractivity contribution in [1.82, 2.24) is 19.9 Å². The first-order valence-electron chi connectivity index (χ1n) is 9.83. The van der Waals surface area contributed by atoms with Gasteiger partial charge in [0.1, 0.15) is 11.6 Å². The molecule has 0 saturated carbocycles. The van der Waals surface area contributed by atoms with Gasteiger partial charge in [-0.15, -0.1) is 0 Å². The fourth-order valence-electron chi connectivity index (χ4n) is 3.63. The summed E-state index contributed by atoms with van der Waals surface area (Å²) in [5.74, 6) is 2.58. The third-order valence-corrected chi connectivity index (χ3v) is 5.32. The molecule has 2 aromatic heterocycles. The molecule has 3 heterocycles. The maximum Gasteiger partial charge on any atom is 0.139 e. The fraction of sp³-hybridized carbons (Fsp3) is 0.364. The Bertz CT molecular complexity index is 893. The zero-order chi connectivity index (χ0) is 19.5. The number of nitrogens with one attached hydrogen (secondary N) is 1. The molecule has 6 heteroatoms. The summed E-state index contributed by atoms with van der Waals surface area (Å²) in [6, 6.07) is 11.9. The highest BCUT2D eigenvalue weighted by Gasteiger charge is 2.18. The molecule has 4 rings (SSSR count). The van der Waals surface area contributed by atoms with Gasteiger partial charge in [-0.05, 0) is 35.7 Å². The Balaban J connectivity index is 1.42. The van der Waals surface area contributed by atoms with E-state index >= 15 is 0 Å². The Morgan fingerprint density at radius 1 is 0.929 bits per heavy atom. The van der Waals surface area contributed by atoms with Crippen LogP contribution in [0.1, 0.15) is 13.8 Å². The van der Waals surface area contributed by atoms with Crippen molar-refractivity contribution in [1.29, 1.82) is 0 Å². The summed E-state index contributed by atoms with van der Waals surface area (Å²) in [5.41, 5.74) is 3.02. The molecule has 1 saturated heterocycles. The van der Waals surface area contributed by atoms with E-state index in [0.29, 0.717) is 0 Å². The number of benzene rings is 1. The number of aromatic amines is 1. The number of nitrogens with zero attached hydrogens (tertiary/aromatic N) is 4. The van der Waals surface area contributed by atoms with Crippen LogP contribution in [0, 0.1) is 5.92 Å². The van der Waals surface area contributed by atoms with Gasteiger partial charge in [0, 0.05) is 49.5 Å². The number of piperazine rings is 1. The van der Waals surface area contributed by atoms with Gasteiger partial charge in [-0.1, -0.05) is 37.6 Å². The van der Waals surface area contributed by atoms with Crippen molar-refractivity contribution < 1.29 is 0 Å². The van der Waals surface area contributed by atoms with E-state index in [9.17, 15) is 0 Å². The van der Waals surface area contributed by atoms with Gasteiger partial charge >= 0.3 is 0 Å². The zero-order valence-electron chi connectivity index (χ0n) is 16.4. The Hall–Kier alpha value is -2.37. The number of hydrogen-bond acceptors (Lipinski definition) is 4. The van der Waals surface area contributed by atoms with E-state index in [1.54, 1.807) is 0 Å². The minimum atomic E-state index is 0.718. The number of H-pyrrole nitrogens is 1. The lowest BCUT2D eigenvalue weighted by molar-refractivity contribution is 0.231. The fourth-order valence-corrected chi connectivity index (χ4v) is 3.76. The molecule has 1 fully saturated rings. The molecular weight excluding hydrogens is 370 g/mol. The van der Waals surface area contributed by atoms with E-state index in [2.05, 4.69) is 50.7 Å². The van der Waals surface area contributed by atoms with Gasteiger partial charge in [0.2, 0.25) is 0 Å². The predicted molar refractivity (Wildman–Crippen MR) is 116 cm³/mol. The maximum absolute atomic E-state index is 5.97. The van der Waals surface area contributed by atoms with Crippen molar-refractivity contribution >= 4 is 17.4 Å². The predicted octanol–water partition coefficient (Wildman–Crippen LogP) is 4.57. The quantitative estimate of drug-likeness (QED) is 0.687. The summed E-state index contributed by atoms with van der Waals surface area (Å²) in [6.45, 7) is 9.99. The first-order valence-corrected chi connectivity index (χ1v) is 10.2. The lowest BCUT2D eigenvalue weighted by Crippen LogP contribution is -2.47. The number of hydrogen-bond donors (Lipinski definition) is 1. The van der Waals surface area contributed by atoms with Crippen molar-refractivity contribution in [3.05, 3.63) is 53.8 Å². The summed E-state index contributed by atoms with van der Waals surface area (Å²) in [7, 11) is 0. The molecule has 0 spiro atoms. The Morgan fingerprint density at radius 2 is 1.64 bits per heavy atom. The van der Waals surface area contributed by atoms with E-state index in [0.717, 1.165) is 65.6 Å². The van der Waals surface area contributed by atoms with Crippen LogP contribution < -0.4 is 4.90 Å². The summed E-state index contributed by atoms with van der Waals surface area (Å²) >= 11 is 5.97. The topological polar surface area (TPSA) is 48.0 Å². The monoisotopic (exact) mass is 395 g/mol. The molecule has 1 aromatic carbocycles. The van der Waals surface area contributed by atoms with Crippen LogP contribution in [-0.4, -0.2) is 52.6 Å². The molecule has 0 atom stereocenters. The SMILES string of the molecule is CC(C)CN1CCN(c2ccc(-c3ncc(-c4ccc(Cl)cc4)[nH]3)cn2)CC1. The molecule has 1 N–H and O–H groups in total. The van der Waals surface area contributed by atoms with E-state index in [4.69, 9.17) is 11.6 Å². The molecule has 5 nitrogen and oxygen atoms in total. The molecule has 3 aromatic rings. The van der Waals surface area contributed by atoms with Gasteiger partial charge in [0.15, 0.2) is 0 Å². The molecule has 0 radical (unpaired) electrons. The Kier molecular flexibility index (Phi) is 5.64. The van der Waals surface area contributed by atoms with Crippen LogP contribution >= 0.6 is 11.6 Å². The number of anilines is 1. The normalized spacial score (nSPS) is 15.4. The second-order valence-electron chi connectivity index (χ2n) is 7.74. The van der Waals surface area contributed by atoms with Crippen LogP contribution in [0.25, 0.3) is 22.6 Å². The second kappa shape index (κ2) is 8.33. The molecule has 0 aliphatic carbocycles. The summed E-state index contributed by atoms with van der Waals surface area (Å²) in [5, 5.41) is 0.730. The first kappa shape index (κ1) is 19.0.